The summed E-state index contributed by atoms with van der Waals surface area (Å²) in [5.74, 6) is 0. The van der Waals surface area contributed by atoms with Crippen LogP contribution in [0.5, 0.6) is 0 Å². The van der Waals surface area contributed by atoms with E-state index in [-0.39, 0.29) is 11.7 Å². The van der Waals surface area contributed by atoms with Gasteiger partial charge in [-0.2, -0.15) is 0 Å². The summed E-state index contributed by atoms with van der Waals surface area (Å²) in [5, 5.41) is 14.3. The second-order valence-corrected chi connectivity index (χ2v) is 5.66. The van der Waals surface area contributed by atoms with Crippen molar-refractivity contribution in [1.82, 2.24) is 0 Å². The van der Waals surface area contributed by atoms with Gasteiger partial charge in [0, 0.05) is 29.4 Å². The monoisotopic (exact) mass is 347 g/mol. The van der Waals surface area contributed by atoms with Gasteiger partial charge in [-0.05, 0) is 36.8 Å². The lowest BCUT2D eigenvalue weighted by atomic mass is 10.2. The van der Waals surface area contributed by atoms with Gasteiger partial charge in [0.25, 0.3) is 5.69 Å². The summed E-state index contributed by atoms with van der Waals surface area (Å²) in [7, 11) is 0. The number of non-ortho nitro benzene ring substituents is 1. The van der Waals surface area contributed by atoms with E-state index in [2.05, 4.69) is 5.32 Å². The smallest absolute Gasteiger partial charge is 0.308 e. The molecule has 2 aromatic carbocycles. The van der Waals surface area contributed by atoms with Crippen LogP contribution in [0.3, 0.4) is 0 Å². The number of amides is 2. The number of nitrogens with zero attached hydrogens (tertiary/aromatic N) is 2. The summed E-state index contributed by atoms with van der Waals surface area (Å²) in [6.45, 7) is 2.49. The predicted octanol–water partition coefficient (Wildman–Crippen LogP) is 5.09. The molecule has 6 nitrogen and oxygen atoms in total. The van der Waals surface area contributed by atoms with Gasteiger partial charge < -0.3 is 5.32 Å². The molecule has 0 saturated heterocycles. The second kappa shape index (κ2) is 8.31. The van der Waals surface area contributed by atoms with Crippen LogP contribution in [0.15, 0.2) is 48.5 Å². The zero-order chi connectivity index (χ0) is 17.5. The molecular weight excluding hydrogens is 330 g/mol. The van der Waals surface area contributed by atoms with Crippen LogP contribution in [0.4, 0.5) is 21.9 Å². The molecule has 0 atom stereocenters. The van der Waals surface area contributed by atoms with E-state index >= 15 is 0 Å². The zero-order valence-electron chi connectivity index (χ0n) is 13.2. The van der Waals surface area contributed by atoms with E-state index in [1.165, 1.54) is 17.0 Å². The van der Waals surface area contributed by atoms with Gasteiger partial charge in [0.2, 0.25) is 0 Å². The van der Waals surface area contributed by atoms with Crippen LogP contribution in [0.1, 0.15) is 19.8 Å². The number of urea groups is 1. The number of rotatable bonds is 6. The van der Waals surface area contributed by atoms with E-state index in [0.717, 1.165) is 12.8 Å². The van der Waals surface area contributed by atoms with Gasteiger partial charge in [-0.3, -0.25) is 15.0 Å². The third-order valence-electron chi connectivity index (χ3n) is 3.43. The van der Waals surface area contributed by atoms with Crippen molar-refractivity contribution in [2.75, 3.05) is 16.8 Å². The summed E-state index contributed by atoms with van der Waals surface area (Å²) >= 11 is 5.84. The van der Waals surface area contributed by atoms with Crippen molar-refractivity contribution in [2.45, 2.75) is 19.8 Å². The first-order valence-corrected chi connectivity index (χ1v) is 7.97. The number of unbranched alkanes of at least 4 members (excludes halogenated alkanes) is 1. The van der Waals surface area contributed by atoms with Crippen LogP contribution < -0.4 is 10.2 Å². The van der Waals surface area contributed by atoms with E-state index in [9.17, 15) is 14.9 Å². The van der Waals surface area contributed by atoms with Gasteiger partial charge in [-0.15, -0.1) is 0 Å². The van der Waals surface area contributed by atoms with Gasteiger partial charge >= 0.3 is 6.03 Å². The highest BCUT2D eigenvalue weighted by molar-refractivity contribution is 6.30. The number of anilines is 2. The van der Waals surface area contributed by atoms with Gasteiger partial charge in [0.05, 0.1) is 10.6 Å². The maximum Gasteiger partial charge on any atom is 0.326 e. The minimum Gasteiger partial charge on any atom is -0.308 e. The molecule has 2 amide bonds. The Labute approximate surface area is 145 Å². The summed E-state index contributed by atoms with van der Waals surface area (Å²) in [6, 6.07) is 12.5. The molecule has 0 bridgehead atoms. The molecule has 0 heterocycles. The molecule has 7 heteroatoms. The Bertz CT molecular complexity index is 719. The SMILES string of the molecule is CCCCN(C(=O)Nc1ccc(Cl)cc1)c1cccc([N+](=O)[O-])c1. The third-order valence-corrected chi connectivity index (χ3v) is 3.68. The van der Waals surface area contributed by atoms with E-state index in [1.807, 2.05) is 6.92 Å². The lowest BCUT2D eigenvalue weighted by molar-refractivity contribution is -0.384. The van der Waals surface area contributed by atoms with Crippen molar-refractivity contribution in [3.05, 3.63) is 63.7 Å². The maximum absolute atomic E-state index is 12.6. The quantitative estimate of drug-likeness (QED) is 0.584. The highest BCUT2D eigenvalue weighted by Crippen LogP contribution is 2.23. The summed E-state index contributed by atoms with van der Waals surface area (Å²) in [4.78, 5) is 24.6. The fourth-order valence-corrected chi connectivity index (χ4v) is 2.29. The topological polar surface area (TPSA) is 75.5 Å². The van der Waals surface area contributed by atoms with Crippen LogP contribution in [0.2, 0.25) is 5.02 Å². The van der Waals surface area contributed by atoms with Crippen molar-refractivity contribution < 1.29 is 9.72 Å². The molecule has 0 aliphatic heterocycles. The van der Waals surface area contributed by atoms with Gasteiger partial charge in [0.1, 0.15) is 0 Å². The van der Waals surface area contributed by atoms with Crippen LogP contribution in [0, 0.1) is 10.1 Å². The highest BCUT2D eigenvalue weighted by atomic mass is 35.5. The summed E-state index contributed by atoms with van der Waals surface area (Å²) < 4.78 is 0. The molecule has 126 valence electrons. The second-order valence-electron chi connectivity index (χ2n) is 5.22. The fourth-order valence-electron chi connectivity index (χ4n) is 2.16. The third kappa shape index (κ3) is 4.70. The number of nitro benzene ring substituents is 1. The fraction of sp³-hybridized carbons (Fsp3) is 0.235. The normalized spacial score (nSPS) is 10.2. The molecule has 0 aliphatic rings. The lowest BCUT2D eigenvalue weighted by Crippen LogP contribution is -2.35. The Morgan fingerprint density at radius 1 is 1.25 bits per heavy atom. The molecule has 2 aromatic rings. The predicted molar refractivity (Wildman–Crippen MR) is 95.8 cm³/mol. The molecule has 2 rings (SSSR count). The van der Waals surface area contributed by atoms with Crippen molar-refractivity contribution in [3.8, 4) is 0 Å². The van der Waals surface area contributed by atoms with Crippen molar-refractivity contribution in [3.63, 3.8) is 0 Å². The number of nitrogens with one attached hydrogen (secondary N) is 1. The first-order valence-electron chi connectivity index (χ1n) is 7.60. The standard InChI is InChI=1S/C17H18ClN3O3/c1-2-3-11-20(15-5-4-6-16(12-15)21(23)24)17(22)19-14-9-7-13(18)8-10-14/h4-10,12H,2-3,11H2,1H3,(H,19,22). The number of carbonyl (C=O) groups is 1. The summed E-state index contributed by atoms with van der Waals surface area (Å²) in [5.41, 5.74) is 1.05. The first kappa shape index (κ1) is 17.7. The molecule has 0 unspecified atom stereocenters. The number of benzene rings is 2. The average molecular weight is 348 g/mol. The van der Waals surface area contributed by atoms with Gasteiger partial charge in [-0.25, -0.2) is 4.79 Å². The molecular formula is C17H18ClN3O3. The maximum atomic E-state index is 12.6. The molecule has 0 fully saturated rings. The van der Waals surface area contributed by atoms with E-state index in [1.54, 1.807) is 36.4 Å². The Morgan fingerprint density at radius 3 is 2.58 bits per heavy atom. The largest absolute Gasteiger partial charge is 0.326 e. The Balaban J connectivity index is 2.23. The van der Waals surface area contributed by atoms with Gasteiger partial charge in [0.15, 0.2) is 0 Å². The molecule has 24 heavy (non-hydrogen) atoms. The van der Waals surface area contributed by atoms with Crippen LogP contribution in [-0.4, -0.2) is 17.5 Å². The molecule has 0 aliphatic carbocycles. The minimum atomic E-state index is -0.474. The number of nitro groups is 1. The molecule has 0 aromatic heterocycles. The zero-order valence-corrected chi connectivity index (χ0v) is 14.0. The van der Waals surface area contributed by atoms with Crippen molar-refractivity contribution >= 4 is 34.7 Å². The van der Waals surface area contributed by atoms with Crippen molar-refractivity contribution in [2.24, 2.45) is 0 Å². The minimum absolute atomic E-state index is 0.0479. The van der Waals surface area contributed by atoms with E-state index in [0.29, 0.717) is 22.9 Å². The molecule has 0 saturated carbocycles. The van der Waals surface area contributed by atoms with E-state index < -0.39 is 4.92 Å². The van der Waals surface area contributed by atoms with Gasteiger partial charge in [-0.1, -0.05) is 31.0 Å². The number of hydrogen-bond donors (Lipinski definition) is 1. The molecule has 0 radical (unpaired) electrons. The number of hydrogen-bond acceptors (Lipinski definition) is 3. The Hall–Kier alpha value is -2.60. The molecule has 0 spiro atoms. The average Bonchev–Trinajstić information content (AvgIpc) is 2.57. The Morgan fingerprint density at radius 2 is 1.96 bits per heavy atom. The number of halogens is 1. The van der Waals surface area contributed by atoms with Crippen LogP contribution in [-0.2, 0) is 0 Å². The summed E-state index contributed by atoms with van der Waals surface area (Å²) in [6.07, 6.45) is 1.69. The first-order chi connectivity index (χ1) is 11.5. The van der Waals surface area contributed by atoms with Crippen molar-refractivity contribution in [1.29, 1.82) is 0 Å². The van der Waals surface area contributed by atoms with E-state index in [4.69, 9.17) is 11.6 Å². The molecule has 1 N–H and O–H groups in total. The van der Waals surface area contributed by atoms with Crippen LogP contribution in [0.25, 0.3) is 0 Å². The van der Waals surface area contributed by atoms with Crippen LogP contribution >= 0.6 is 11.6 Å². The lowest BCUT2D eigenvalue weighted by Gasteiger charge is -2.23. The number of carbonyl (C=O) groups excluding carboxylic acids is 1. The Kier molecular flexibility index (Phi) is 6.14. The highest BCUT2D eigenvalue weighted by Gasteiger charge is 2.18.